The van der Waals surface area contributed by atoms with Crippen molar-refractivity contribution in [2.75, 3.05) is 13.1 Å². The van der Waals surface area contributed by atoms with Gasteiger partial charge in [-0.05, 0) is 37.6 Å². The second-order valence-electron chi connectivity index (χ2n) is 3.98. The molecule has 1 aromatic rings. The highest BCUT2D eigenvalue weighted by Crippen LogP contribution is 2.09. The van der Waals surface area contributed by atoms with Gasteiger partial charge < -0.3 is 5.32 Å². The van der Waals surface area contributed by atoms with Crippen LogP contribution in [0.5, 0.6) is 0 Å². The van der Waals surface area contributed by atoms with Crippen molar-refractivity contribution >= 4 is 22.4 Å². The van der Waals surface area contributed by atoms with Crippen LogP contribution in [0.25, 0.3) is 0 Å². The number of nitrogens with zero attached hydrogens (tertiary/aromatic N) is 1. The number of pyridine rings is 1. The number of halogens is 1. The Labute approximate surface area is 107 Å². The van der Waals surface area contributed by atoms with Crippen molar-refractivity contribution in [2.24, 2.45) is 0 Å². The fourth-order valence-electron chi connectivity index (χ4n) is 1.69. The molecule has 2 N–H and O–H groups in total. The van der Waals surface area contributed by atoms with Crippen LogP contribution < -0.4 is 10.0 Å². The number of hydrogen-bond acceptors (Lipinski definition) is 4. The molecule has 17 heavy (non-hydrogen) atoms. The Morgan fingerprint density at radius 3 is 2.88 bits per heavy atom. The van der Waals surface area contributed by atoms with Crippen LogP contribution in [0.4, 0.5) is 0 Å². The molecular formula is C10H16ClN3O2S. The molecule has 0 radical (unpaired) electrons. The van der Waals surface area contributed by atoms with Crippen LogP contribution in [0.15, 0.2) is 23.4 Å². The molecule has 1 saturated heterocycles. The van der Waals surface area contributed by atoms with Crippen molar-refractivity contribution in [1.82, 2.24) is 15.0 Å². The highest BCUT2D eigenvalue weighted by molar-refractivity contribution is 7.89. The van der Waals surface area contributed by atoms with E-state index in [2.05, 4.69) is 15.0 Å². The van der Waals surface area contributed by atoms with Gasteiger partial charge in [0, 0.05) is 18.8 Å². The zero-order chi connectivity index (χ0) is 11.6. The number of aryl methyl sites for hydroxylation is 1. The van der Waals surface area contributed by atoms with E-state index >= 15 is 0 Å². The number of aromatic nitrogens is 1. The van der Waals surface area contributed by atoms with E-state index in [1.54, 1.807) is 12.1 Å². The summed E-state index contributed by atoms with van der Waals surface area (Å²) in [6.07, 6.45) is 2.34. The zero-order valence-corrected chi connectivity index (χ0v) is 11.1. The molecule has 0 bridgehead atoms. The predicted molar refractivity (Wildman–Crippen MR) is 67.8 cm³/mol. The summed E-state index contributed by atoms with van der Waals surface area (Å²) >= 11 is 0. The van der Waals surface area contributed by atoms with Gasteiger partial charge in [0.2, 0.25) is 0 Å². The Hall–Kier alpha value is -0.690. The second-order valence-corrected chi connectivity index (χ2v) is 5.64. The Morgan fingerprint density at radius 1 is 1.53 bits per heavy atom. The average molecular weight is 278 g/mol. The summed E-state index contributed by atoms with van der Waals surface area (Å²) in [7, 11) is -3.47. The predicted octanol–water partition coefficient (Wildman–Crippen LogP) is 0.452. The highest BCUT2D eigenvalue weighted by Gasteiger charge is 2.23. The molecule has 2 rings (SSSR count). The standard InChI is InChI=1S/C10H15N3O2S.ClH/c1-8-2-5-12-10(6-8)16(14,15)13-9-3-4-11-7-9;/h2,5-6,9,11,13H,3-4,7H2,1H3;1H/t9-;/m0./s1. The summed E-state index contributed by atoms with van der Waals surface area (Å²) in [6.45, 7) is 3.39. The van der Waals surface area contributed by atoms with Crippen LogP contribution in [0, 0.1) is 6.92 Å². The minimum absolute atomic E-state index is 0. The molecule has 0 amide bonds. The van der Waals surface area contributed by atoms with Crippen LogP contribution in [0.3, 0.4) is 0 Å². The normalized spacial score (nSPS) is 19.9. The number of sulfonamides is 1. The van der Waals surface area contributed by atoms with Crippen LogP contribution >= 0.6 is 12.4 Å². The molecular weight excluding hydrogens is 262 g/mol. The van der Waals surface area contributed by atoms with E-state index in [0.29, 0.717) is 6.54 Å². The van der Waals surface area contributed by atoms with Gasteiger partial charge in [-0.3, -0.25) is 0 Å². The SMILES string of the molecule is Cc1ccnc(S(=O)(=O)N[C@H]2CCNC2)c1.Cl. The van der Waals surface area contributed by atoms with Gasteiger partial charge in [-0.1, -0.05) is 0 Å². The van der Waals surface area contributed by atoms with Crippen LogP contribution in [0.1, 0.15) is 12.0 Å². The minimum Gasteiger partial charge on any atom is -0.315 e. The van der Waals surface area contributed by atoms with Gasteiger partial charge in [0.05, 0.1) is 0 Å². The second kappa shape index (κ2) is 5.77. The molecule has 2 heterocycles. The summed E-state index contributed by atoms with van der Waals surface area (Å²) in [5, 5.41) is 3.21. The topological polar surface area (TPSA) is 71.1 Å². The lowest BCUT2D eigenvalue weighted by Gasteiger charge is -2.11. The first-order valence-corrected chi connectivity index (χ1v) is 6.72. The van der Waals surface area contributed by atoms with Gasteiger partial charge >= 0.3 is 0 Å². The maximum absolute atomic E-state index is 11.9. The van der Waals surface area contributed by atoms with Gasteiger partial charge in [0.15, 0.2) is 5.03 Å². The molecule has 0 spiro atoms. The first-order valence-electron chi connectivity index (χ1n) is 5.24. The van der Waals surface area contributed by atoms with E-state index in [-0.39, 0.29) is 23.5 Å². The quantitative estimate of drug-likeness (QED) is 0.842. The lowest BCUT2D eigenvalue weighted by molar-refractivity contribution is 0.556. The third-order valence-electron chi connectivity index (χ3n) is 2.55. The van der Waals surface area contributed by atoms with E-state index in [4.69, 9.17) is 0 Å². The molecule has 5 nitrogen and oxygen atoms in total. The third-order valence-corrected chi connectivity index (χ3v) is 3.97. The molecule has 7 heteroatoms. The van der Waals surface area contributed by atoms with Gasteiger partial charge in [-0.2, -0.15) is 0 Å². The maximum Gasteiger partial charge on any atom is 0.258 e. The van der Waals surface area contributed by atoms with Gasteiger partial charge in [-0.15, -0.1) is 12.4 Å². The zero-order valence-electron chi connectivity index (χ0n) is 9.51. The third kappa shape index (κ3) is 3.64. The average Bonchev–Trinajstić information content (AvgIpc) is 2.70. The molecule has 1 fully saturated rings. The summed E-state index contributed by atoms with van der Waals surface area (Å²) in [6, 6.07) is 3.33. The molecule has 96 valence electrons. The number of rotatable bonds is 3. The summed E-state index contributed by atoms with van der Waals surface area (Å²) in [5.74, 6) is 0. The maximum atomic E-state index is 11.9. The molecule has 1 atom stereocenters. The Morgan fingerprint density at radius 2 is 2.29 bits per heavy atom. The van der Waals surface area contributed by atoms with E-state index in [1.807, 2.05) is 6.92 Å². The number of nitrogens with one attached hydrogen (secondary N) is 2. The van der Waals surface area contributed by atoms with Crippen LogP contribution in [0.2, 0.25) is 0 Å². The molecule has 0 aromatic carbocycles. The largest absolute Gasteiger partial charge is 0.315 e. The fourth-order valence-corrected chi connectivity index (χ4v) is 2.99. The van der Waals surface area contributed by atoms with E-state index < -0.39 is 10.0 Å². The Kier molecular flexibility index (Phi) is 4.88. The van der Waals surface area contributed by atoms with Crippen molar-refractivity contribution in [2.45, 2.75) is 24.4 Å². The van der Waals surface area contributed by atoms with Crippen molar-refractivity contribution in [3.63, 3.8) is 0 Å². The van der Waals surface area contributed by atoms with E-state index in [0.717, 1.165) is 18.5 Å². The molecule has 0 saturated carbocycles. The van der Waals surface area contributed by atoms with Gasteiger partial charge in [0.1, 0.15) is 0 Å². The highest BCUT2D eigenvalue weighted by atomic mass is 35.5. The summed E-state index contributed by atoms with van der Waals surface area (Å²) in [4.78, 5) is 3.88. The summed E-state index contributed by atoms with van der Waals surface area (Å²) < 4.78 is 26.5. The van der Waals surface area contributed by atoms with Gasteiger partial charge in [-0.25, -0.2) is 18.1 Å². The Balaban J connectivity index is 0.00000144. The van der Waals surface area contributed by atoms with Crippen molar-refractivity contribution in [1.29, 1.82) is 0 Å². The minimum atomic E-state index is -3.47. The molecule has 1 aromatic heterocycles. The van der Waals surface area contributed by atoms with Crippen molar-refractivity contribution < 1.29 is 8.42 Å². The smallest absolute Gasteiger partial charge is 0.258 e. The Bertz CT molecular complexity index is 472. The van der Waals surface area contributed by atoms with Crippen LogP contribution in [-0.4, -0.2) is 32.5 Å². The first kappa shape index (κ1) is 14.4. The van der Waals surface area contributed by atoms with Crippen molar-refractivity contribution in [3.8, 4) is 0 Å². The lowest BCUT2D eigenvalue weighted by Crippen LogP contribution is -2.36. The van der Waals surface area contributed by atoms with E-state index in [9.17, 15) is 8.42 Å². The van der Waals surface area contributed by atoms with Gasteiger partial charge in [0.25, 0.3) is 10.0 Å². The fraction of sp³-hybridized carbons (Fsp3) is 0.500. The number of hydrogen-bond donors (Lipinski definition) is 2. The summed E-state index contributed by atoms with van der Waals surface area (Å²) in [5.41, 5.74) is 0.889. The molecule has 0 aliphatic carbocycles. The lowest BCUT2D eigenvalue weighted by atomic mass is 10.3. The molecule has 1 aliphatic rings. The van der Waals surface area contributed by atoms with E-state index in [1.165, 1.54) is 6.20 Å². The van der Waals surface area contributed by atoms with Crippen molar-refractivity contribution in [3.05, 3.63) is 23.9 Å². The molecule has 1 aliphatic heterocycles. The molecule has 0 unspecified atom stereocenters. The first-order chi connectivity index (χ1) is 7.58. The van der Waals surface area contributed by atoms with Crippen LogP contribution in [-0.2, 0) is 10.0 Å². The monoisotopic (exact) mass is 277 g/mol.